The van der Waals surface area contributed by atoms with E-state index >= 15 is 0 Å². The number of nitrogens with zero attached hydrogens (tertiary/aromatic N) is 2. The smallest absolute Gasteiger partial charge is 0.335 e. The molecule has 0 unspecified atom stereocenters. The average Bonchev–Trinajstić information content (AvgIpc) is 3.05. The first-order valence-corrected chi connectivity index (χ1v) is 8.26. The molecule has 27 heavy (non-hydrogen) atoms. The Kier molecular flexibility index (Phi) is 3.84. The number of aromatic nitrogens is 2. The monoisotopic (exact) mass is 362 g/mol. The van der Waals surface area contributed by atoms with Gasteiger partial charge < -0.3 is 10.2 Å². The highest BCUT2D eigenvalue weighted by molar-refractivity contribution is 5.93. The van der Waals surface area contributed by atoms with Gasteiger partial charge in [0.05, 0.1) is 22.0 Å². The topological polar surface area (TPSA) is 109 Å². The van der Waals surface area contributed by atoms with Gasteiger partial charge in [0.15, 0.2) is 0 Å². The Labute approximate surface area is 152 Å². The van der Waals surface area contributed by atoms with Gasteiger partial charge in [0.25, 0.3) is 5.56 Å². The first-order valence-electron chi connectivity index (χ1n) is 8.26. The average molecular weight is 362 g/mol. The van der Waals surface area contributed by atoms with Crippen LogP contribution in [0, 0.1) is 0 Å². The summed E-state index contributed by atoms with van der Waals surface area (Å²) < 4.78 is 1.58. The van der Waals surface area contributed by atoms with E-state index in [0.29, 0.717) is 29.7 Å². The SMILES string of the molecule is O=C(O)c1ccc(/C=C2/CCn3c2nc2cc(C(=O)O)ccc2c3=O)cc1. The van der Waals surface area contributed by atoms with Crippen LogP contribution in [0.15, 0.2) is 47.3 Å². The molecule has 3 aromatic rings. The van der Waals surface area contributed by atoms with E-state index in [1.807, 2.05) is 6.08 Å². The Morgan fingerprint density at radius 2 is 1.67 bits per heavy atom. The number of rotatable bonds is 3. The summed E-state index contributed by atoms with van der Waals surface area (Å²) in [6, 6.07) is 10.7. The first kappa shape index (κ1) is 16.7. The van der Waals surface area contributed by atoms with Crippen molar-refractivity contribution in [3.63, 3.8) is 0 Å². The molecular formula is C20H14N2O5. The molecule has 7 heteroatoms. The molecule has 1 aromatic heterocycles. The maximum atomic E-state index is 12.7. The summed E-state index contributed by atoms with van der Waals surface area (Å²) in [5.41, 5.74) is 2.07. The predicted octanol–water partition coefficient (Wildman–Crippen LogP) is 2.74. The Balaban J connectivity index is 1.82. The van der Waals surface area contributed by atoms with Crippen molar-refractivity contribution in [1.82, 2.24) is 9.55 Å². The van der Waals surface area contributed by atoms with Crippen molar-refractivity contribution in [2.24, 2.45) is 0 Å². The lowest BCUT2D eigenvalue weighted by Gasteiger charge is -2.06. The number of fused-ring (bicyclic) bond motifs is 2. The van der Waals surface area contributed by atoms with Gasteiger partial charge in [-0.3, -0.25) is 9.36 Å². The zero-order valence-electron chi connectivity index (χ0n) is 14.0. The molecule has 0 saturated heterocycles. The molecule has 0 fully saturated rings. The van der Waals surface area contributed by atoms with E-state index in [4.69, 9.17) is 10.2 Å². The number of allylic oxidation sites excluding steroid dienone is 1. The van der Waals surface area contributed by atoms with Crippen molar-refractivity contribution >= 4 is 34.5 Å². The van der Waals surface area contributed by atoms with Gasteiger partial charge in [-0.25, -0.2) is 14.6 Å². The third kappa shape index (κ3) is 2.89. The molecular weight excluding hydrogens is 348 g/mol. The van der Waals surface area contributed by atoms with Gasteiger partial charge in [0.2, 0.25) is 0 Å². The van der Waals surface area contributed by atoms with Crippen molar-refractivity contribution in [2.75, 3.05) is 0 Å². The molecule has 1 aliphatic heterocycles. The van der Waals surface area contributed by atoms with Gasteiger partial charge in [-0.05, 0) is 54.0 Å². The molecule has 0 radical (unpaired) electrons. The summed E-state index contributed by atoms with van der Waals surface area (Å²) in [5.74, 6) is -1.56. The van der Waals surface area contributed by atoms with Crippen molar-refractivity contribution in [2.45, 2.75) is 13.0 Å². The maximum absolute atomic E-state index is 12.7. The van der Waals surface area contributed by atoms with Gasteiger partial charge in [-0.1, -0.05) is 12.1 Å². The predicted molar refractivity (Wildman–Crippen MR) is 98.9 cm³/mol. The lowest BCUT2D eigenvalue weighted by Crippen LogP contribution is -2.21. The van der Waals surface area contributed by atoms with Crippen LogP contribution in [0.25, 0.3) is 22.6 Å². The third-order valence-corrected chi connectivity index (χ3v) is 4.59. The van der Waals surface area contributed by atoms with Crippen molar-refractivity contribution in [1.29, 1.82) is 0 Å². The zero-order chi connectivity index (χ0) is 19.1. The fraction of sp³-hybridized carbons (Fsp3) is 0.100. The first-order chi connectivity index (χ1) is 12.9. The van der Waals surface area contributed by atoms with Crippen LogP contribution < -0.4 is 5.56 Å². The number of hydrogen-bond donors (Lipinski definition) is 2. The molecule has 1 aliphatic rings. The van der Waals surface area contributed by atoms with Crippen molar-refractivity contribution < 1.29 is 19.8 Å². The van der Waals surface area contributed by atoms with E-state index in [-0.39, 0.29) is 16.7 Å². The standard InChI is InChI=1S/C20H14N2O5/c23-18-15-6-5-14(20(26)27)10-16(15)21-17-13(7-8-22(17)18)9-11-1-3-12(4-2-11)19(24)25/h1-6,9-10H,7-8H2,(H,24,25)(H,26,27)/b13-9-. The highest BCUT2D eigenvalue weighted by atomic mass is 16.4. The Hall–Kier alpha value is -3.74. The molecule has 2 N–H and O–H groups in total. The fourth-order valence-corrected chi connectivity index (χ4v) is 3.21. The van der Waals surface area contributed by atoms with Crippen LogP contribution >= 0.6 is 0 Å². The van der Waals surface area contributed by atoms with Crippen LogP contribution in [-0.2, 0) is 6.54 Å². The van der Waals surface area contributed by atoms with Gasteiger partial charge >= 0.3 is 11.9 Å². The van der Waals surface area contributed by atoms with Crippen molar-refractivity contribution in [3.8, 4) is 0 Å². The van der Waals surface area contributed by atoms with Crippen LogP contribution in [0.5, 0.6) is 0 Å². The number of carboxylic acid groups (broad SMARTS) is 2. The Morgan fingerprint density at radius 1 is 1.00 bits per heavy atom. The highest BCUT2D eigenvalue weighted by Crippen LogP contribution is 2.27. The zero-order valence-corrected chi connectivity index (χ0v) is 14.0. The summed E-state index contributed by atoms with van der Waals surface area (Å²) in [5, 5.41) is 18.5. The molecule has 134 valence electrons. The lowest BCUT2D eigenvalue weighted by molar-refractivity contribution is 0.0686. The van der Waals surface area contributed by atoms with Crippen molar-refractivity contribution in [3.05, 3.63) is 75.3 Å². The summed E-state index contributed by atoms with van der Waals surface area (Å²) in [6.07, 6.45) is 2.48. The van der Waals surface area contributed by atoms with Crippen LogP contribution in [0.2, 0.25) is 0 Å². The summed E-state index contributed by atoms with van der Waals surface area (Å²) in [4.78, 5) is 39.4. The minimum atomic E-state index is -1.08. The highest BCUT2D eigenvalue weighted by Gasteiger charge is 2.21. The minimum Gasteiger partial charge on any atom is -0.478 e. The van der Waals surface area contributed by atoms with Crippen LogP contribution in [-0.4, -0.2) is 31.7 Å². The Bertz CT molecular complexity index is 1190. The molecule has 7 nitrogen and oxygen atoms in total. The lowest BCUT2D eigenvalue weighted by atomic mass is 10.1. The molecule has 0 amide bonds. The molecule has 2 aromatic carbocycles. The van der Waals surface area contributed by atoms with E-state index < -0.39 is 11.9 Å². The maximum Gasteiger partial charge on any atom is 0.335 e. The number of aromatic carboxylic acids is 2. The van der Waals surface area contributed by atoms with E-state index in [0.717, 1.165) is 11.1 Å². The van der Waals surface area contributed by atoms with Gasteiger partial charge in [0, 0.05) is 6.54 Å². The van der Waals surface area contributed by atoms with Gasteiger partial charge in [-0.2, -0.15) is 0 Å². The third-order valence-electron chi connectivity index (χ3n) is 4.59. The van der Waals surface area contributed by atoms with Crippen LogP contribution in [0.4, 0.5) is 0 Å². The number of carboxylic acids is 2. The van der Waals surface area contributed by atoms with Crippen LogP contribution in [0.1, 0.15) is 38.5 Å². The molecule has 0 saturated carbocycles. The fourth-order valence-electron chi connectivity index (χ4n) is 3.21. The summed E-state index contributed by atoms with van der Waals surface area (Å²) in [6.45, 7) is 0.497. The minimum absolute atomic E-state index is 0.0761. The number of benzene rings is 2. The largest absolute Gasteiger partial charge is 0.478 e. The van der Waals surface area contributed by atoms with Gasteiger partial charge in [0.1, 0.15) is 5.82 Å². The molecule has 0 spiro atoms. The molecule has 2 heterocycles. The second-order valence-electron chi connectivity index (χ2n) is 6.28. The normalized spacial score (nSPS) is 14.4. The van der Waals surface area contributed by atoms with Gasteiger partial charge in [-0.15, -0.1) is 0 Å². The molecule has 4 rings (SSSR count). The summed E-state index contributed by atoms with van der Waals surface area (Å²) >= 11 is 0. The van der Waals surface area contributed by atoms with E-state index in [1.54, 1.807) is 16.7 Å². The van der Waals surface area contributed by atoms with E-state index in [2.05, 4.69) is 4.98 Å². The molecule has 0 aliphatic carbocycles. The Morgan fingerprint density at radius 3 is 2.33 bits per heavy atom. The number of hydrogen-bond acceptors (Lipinski definition) is 4. The quantitative estimate of drug-likeness (QED) is 0.741. The second kappa shape index (κ2) is 6.21. The molecule has 0 bridgehead atoms. The van der Waals surface area contributed by atoms with E-state index in [9.17, 15) is 14.4 Å². The van der Waals surface area contributed by atoms with Crippen LogP contribution in [0.3, 0.4) is 0 Å². The summed E-state index contributed by atoms with van der Waals surface area (Å²) in [7, 11) is 0. The molecule has 0 atom stereocenters. The second-order valence-corrected chi connectivity index (χ2v) is 6.28. The van der Waals surface area contributed by atoms with E-state index in [1.165, 1.54) is 30.3 Å². The number of carbonyl (C=O) groups is 2.